The van der Waals surface area contributed by atoms with Crippen LogP contribution in [0.4, 0.5) is 4.39 Å². The Kier molecular flexibility index (Phi) is 4.26. The molecular formula is C7H11FO3. The van der Waals surface area contributed by atoms with Crippen LogP contribution in [0, 0.1) is 0 Å². The molecule has 0 aliphatic heterocycles. The van der Waals surface area contributed by atoms with Crippen LogP contribution >= 0.6 is 0 Å². The molecule has 64 valence electrons. The predicted octanol–water partition coefficient (Wildman–Crippen LogP) is 1.05. The second kappa shape index (κ2) is 4.71. The van der Waals surface area contributed by atoms with Crippen LogP contribution < -0.4 is 0 Å². The standard InChI is InChI=1S/C7H11FO3/c1-5(6(8)4-9)7(10-2)11-3/h4,6H,1-3H3. The Labute approximate surface area is 64.8 Å². The zero-order valence-corrected chi connectivity index (χ0v) is 6.76. The number of carbonyl (C=O) groups excluding carboxylic acids is 1. The molecule has 4 heteroatoms. The summed E-state index contributed by atoms with van der Waals surface area (Å²) in [6, 6.07) is 0. The third-order valence-corrected chi connectivity index (χ3v) is 1.23. The molecular weight excluding hydrogens is 151 g/mol. The van der Waals surface area contributed by atoms with Crippen LogP contribution in [-0.4, -0.2) is 26.7 Å². The summed E-state index contributed by atoms with van der Waals surface area (Å²) in [5.41, 5.74) is 0.144. The van der Waals surface area contributed by atoms with Gasteiger partial charge in [-0.05, 0) is 6.92 Å². The minimum Gasteiger partial charge on any atom is -0.469 e. The van der Waals surface area contributed by atoms with Crippen LogP contribution in [0.1, 0.15) is 6.92 Å². The second-order valence-corrected chi connectivity index (χ2v) is 1.92. The first-order chi connectivity index (χ1) is 5.17. The largest absolute Gasteiger partial charge is 0.469 e. The lowest BCUT2D eigenvalue weighted by atomic mass is 10.2. The van der Waals surface area contributed by atoms with Gasteiger partial charge >= 0.3 is 0 Å². The molecule has 0 spiro atoms. The quantitative estimate of drug-likeness (QED) is 0.457. The van der Waals surface area contributed by atoms with Gasteiger partial charge in [0.2, 0.25) is 0 Å². The first-order valence-electron chi connectivity index (χ1n) is 3.05. The molecule has 0 amide bonds. The molecule has 1 unspecified atom stereocenters. The monoisotopic (exact) mass is 162 g/mol. The average molecular weight is 162 g/mol. The number of methoxy groups -OCH3 is 2. The van der Waals surface area contributed by atoms with E-state index in [9.17, 15) is 9.18 Å². The highest BCUT2D eigenvalue weighted by atomic mass is 19.1. The fraction of sp³-hybridized carbons (Fsp3) is 0.571. The number of halogens is 1. The lowest BCUT2D eigenvalue weighted by Crippen LogP contribution is -2.08. The summed E-state index contributed by atoms with van der Waals surface area (Å²) >= 11 is 0. The fourth-order valence-electron chi connectivity index (χ4n) is 0.620. The highest BCUT2D eigenvalue weighted by Crippen LogP contribution is 2.11. The molecule has 0 saturated heterocycles. The molecule has 0 aliphatic carbocycles. The summed E-state index contributed by atoms with van der Waals surface area (Å²) in [5, 5.41) is 0. The highest BCUT2D eigenvalue weighted by Gasteiger charge is 2.13. The second-order valence-electron chi connectivity index (χ2n) is 1.92. The number of rotatable bonds is 4. The average Bonchev–Trinajstić information content (AvgIpc) is 2.05. The van der Waals surface area contributed by atoms with Crippen molar-refractivity contribution in [3.05, 3.63) is 11.5 Å². The molecule has 0 N–H and O–H groups in total. The van der Waals surface area contributed by atoms with Crippen molar-refractivity contribution in [2.24, 2.45) is 0 Å². The number of hydrogen-bond acceptors (Lipinski definition) is 3. The Balaban J connectivity index is 4.45. The van der Waals surface area contributed by atoms with Gasteiger partial charge in [-0.15, -0.1) is 0 Å². The summed E-state index contributed by atoms with van der Waals surface area (Å²) in [7, 11) is 2.69. The lowest BCUT2D eigenvalue weighted by molar-refractivity contribution is -0.111. The highest BCUT2D eigenvalue weighted by molar-refractivity contribution is 5.61. The van der Waals surface area contributed by atoms with Crippen molar-refractivity contribution in [3.63, 3.8) is 0 Å². The molecule has 0 heterocycles. The van der Waals surface area contributed by atoms with Gasteiger partial charge in [-0.3, -0.25) is 4.79 Å². The van der Waals surface area contributed by atoms with Crippen molar-refractivity contribution in [2.75, 3.05) is 14.2 Å². The Morgan fingerprint density at radius 2 is 1.91 bits per heavy atom. The molecule has 0 aromatic heterocycles. The molecule has 0 rings (SSSR count). The first kappa shape index (κ1) is 9.94. The minimum atomic E-state index is -1.65. The third kappa shape index (κ3) is 2.57. The minimum absolute atomic E-state index is 0.0459. The SMILES string of the molecule is COC(OC)=C(C)C(F)C=O. The van der Waals surface area contributed by atoms with E-state index in [2.05, 4.69) is 9.47 Å². The molecule has 11 heavy (non-hydrogen) atoms. The number of allylic oxidation sites excluding steroid dienone is 1. The van der Waals surface area contributed by atoms with Crippen LogP contribution in [0.2, 0.25) is 0 Å². The van der Waals surface area contributed by atoms with Gasteiger partial charge in [-0.25, -0.2) is 4.39 Å². The van der Waals surface area contributed by atoms with Crippen molar-refractivity contribution in [1.82, 2.24) is 0 Å². The van der Waals surface area contributed by atoms with E-state index in [-0.39, 0.29) is 17.8 Å². The van der Waals surface area contributed by atoms with Gasteiger partial charge in [0.25, 0.3) is 5.95 Å². The van der Waals surface area contributed by atoms with Crippen LogP contribution in [0.25, 0.3) is 0 Å². The summed E-state index contributed by atoms with van der Waals surface area (Å²) in [4.78, 5) is 9.96. The van der Waals surface area contributed by atoms with Crippen LogP contribution in [0.5, 0.6) is 0 Å². The number of ether oxygens (including phenoxy) is 2. The predicted molar refractivity (Wildman–Crippen MR) is 37.7 cm³/mol. The van der Waals surface area contributed by atoms with Crippen molar-refractivity contribution in [2.45, 2.75) is 13.1 Å². The van der Waals surface area contributed by atoms with Gasteiger partial charge < -0.3 is 9.47 Å². The van der Waals surface area contributed by atoms with E-state index in [1.807, 2.05) is 0 Å². The molecule has 0 fully saturated rings. The molecule has 0 saturated carbocycles. The smallest absolute Gasteiger partial charge is 0.280 e. The van der Waals surface area contributed by atoms with Crippen LogP contribution in [-0.2, 0) is 14.3 Å². The van der Waals surface area contributed by atoms with Crippen molar-refractivity contribution >= 4 is 6.29 Å². The molecule has 0 bridgehead atoms. The molecule has 0 radical (unpaired) electrons. The fourth-order valence-corrected chi connectivity index (χ4v) is 0.620. The van der Waals surface area contributed by atoms with Crippen molar-refractivity contribution in [1.29, 1.82) is 0 Å². The van der Waals surface area contributed by atoms with Gasteiger partial charge in [0.1, 0.15) is 0 Å². The molecule has 3 nitrogen and oxygen atoms in total. The summed E-state index contributed by atoms with van der Waals surface area (Å²) in [6.07, 6.45) is -1.46. The van der Waals surface area contributed by atoms with Gasteiger partial charge in [-0.2, -0.15) is 0 Å². The van der Waals surface area contributed by atoms with E-state index < -0.39 is 6.17 Å². The molecule has 0 aliphatic rings. The zero-order chi connectivity index (χ0) is 8.85. The third-order valence-electron chi connectivity index (χ3n) is 1.23. The van der Waals surface area contributed by atoms with E-state index in [1.54, 1.807) is 0 Å². The van der Waals surface area contributed by atoms with E-state index in [1.165, 1.54) is 21.1 Å². The Morgan fingerprint density at radius 3 is 2.18 bits per heavy atom. The van der Waals surface area contributed by atoms with E-state index in [0.29, 0.717) is 0 Å². The van der Waals surface area contributed by atoms with Crippen molar-refractivity contribution in [3.8, 4) is 0 Å². The number of alkyl halides is 1. The van der Waals surface area contributed by atoms with Gasteiger partial charge in [0.05, 0.1) is 14.2 Å². The van der Waals surface area contributed by atoms with Gasteiger partial charge in [0.15, 0.2) is 12.5 Å². The lowest BCUT2D eigenvalue weighted by Gasteiger charge is -2.08. The maximum absolute atomic E-state index is 12.6. The number of aldehydes is 1. The summed E-state index contributed by atoms with van der Waals surface area (Å²) in [6.45, 7) is 1.43. The topological polar surface area (TPSA) is 35.5 Å². The Hall–Kier alpha value is -1.06. The molecule has 0 aromatic rings. The Morgan fingerprint density at radius 1 is 1.45 bits per heavy atom. The summed E-state index contributed by atoms with van der Waals surface area (Å²) in [5.74, 6) is 0.0459. The normalized spacial score (nSPS) is 11.6. The van der Waals surface area contributed by atoms with Gasteiger partial charge in [-0.1, -0.05) is 0 Å². The number of hydrogen-bond donors (Lipinski definition) is 0. The Bertz CT molecular complexity index is 159. The maximum Gasteiger partial charge on any atom is 0.280 e. The number of carbonyl (C=O) groups is 1. The van der Waals surface area contributed by atoms with E-state index in [0.717, 1.165) is 0 Å². The van der Waals surface area contributed by atoms with E-state index in [4.69, 9.17) is 0 Å². The van der Waals surface area contributed by atoms with Gasteiger partial charge in [0, 0.05) is 5.57 Å². The van der Waals surface area contributed by atoms with Crippen molar-refractivity contribution < 1.29 is 18.7 Å². The maximum atomic E-state index is 12.6. The zero-order valence-electron chi connectivity index (χ0n) is 6.76. The summed E-state index contributed by atoms with van der Waals surface area (Å²) < 4.78 is 21.8. The van der Waals surface area contributed by atoms with Crippen LogP contribution in [0.15, 0.2) is 11.5 Å². The molecule has 1 atom stereocenters. The van der Waals surface area contributed by atoms with Crippen LogP contribution in [0.3, 0.4) is 0 Å². The molecule has 0 aromatic carbocycles. The van der Waals surface area contributed by atoms with E-state index >= 15 is 0 Å². The first-order valence-corrected chi connectivity index (χ1v) is 3.05.